The molecule has 0 N–H and O–H groups in total. The van der Waals surface area contributed by atoms with Crippen LogP contribution in [0.25, 0.3) is 0 Å². The van der Waals surface area contributed by atoms with E-state index in [1.807, 2.05) is 0 Å². The molecule has 0 amide bonds. The number of rotatable bonds is 0. The van der Waals surface area contributed by atoms with Gasteiger partial charge in [-0.1, -0.05) is 0 Å². The Balaban J connectivity index is 0. The van der Waals surface area contributed by atoms with Crippen molar-refractivity contribution >= 4 is 70.4 Å². The van der Waals surface area contributed by atoms with Crippen molar-refractivity contribution in [2.75, 3.05) is 0 Å². The molecule has 34 valence electrons. The molecule has 0 aliphatic carbocycles. The second-order valence-corrected chi connectivity index (χ2v) is 0. The zero-order valence-corrected chi connectivity index (χ0v) is 23.2. The predicted octanol–water partition coefficient (Wildman–Crippen LogP) is -4.74. The van der Waals surface area contributed by atoms with Crippen LogP contribution in [0.4, 0.5) is 0 Å². The first-order chi connectivity index (χ1) is 0. The smallest absolute Gasteiger partial charge is 4.00 e. The van der Waals surface area contributed by atoms with Gasteiger partial charge < -0.3 is 0 Å². The van der Waals surface area contributed by atoms with Gasteiger partial charge >= 0.3 is 91.5 Å². The molecule has 0 unspecified atom stereocenters. The van der Waals surface area contributed by atoms with Crippen LogP contribution in [0.1, 0.15) is 0 Å². The Morgan fingerprint density at radius 1 is 0.400 bits per heavy atom. The third-order valence-electron chi connectivity index (χ3n) is 0. The van der Waals surface area contributed by atoms with Crippen molar-refractivity contribution in [3.63, 3.8) is 0 Å². The van der Waals surface area contributed by atoms with Crippen LogP contribution in [0.15, 0.2) is 0 Å². The van der Waals surface area contributed by atoms with Crippen molar-refractivity contribution in [3.8, 4) is 0 Å². The fraction of sp³-hybridized carbons (Fsp3) is 0. The van der Waals surface area contributed by atoms with Gasteiger partial charge in [0.05, 0.1) is 0 Å². The quantitative estimate of drug-likeness (QED) is 0.360. The molecule has 0 aliphatic heterocycles. The van der Waals surface area contributed by atoms with Gasteiger partial charge in [-0.05, 0) is 0 Å². The van der Waals surface area contributed by atoms with Gasteiger partial charge in [0.15, 0.2) is 0 Å². The van der Waals surface area contributed by atoms with Gasteiger partial charge in [0.25, 0.3) is 0 Å². The number of hydrogen-bond acceptors (Lipinski definition) is 0. The summed E-state index contributed by atoms with van der Waals surface area (Å²) in [5.41, 5.74) is 0. The van der Waals surface area contributed by atoms with Crippen LogP contribution in [0.2, 0.25) is 0 Å². The molecule has 0 fully saturated rings. The Hall–Kier alpha value is 2.86. The van der Waals surface area contributed by atoms with Crippen molar-refractivity contribution in [3.05, 3.63) is 0 Å². The Labute approximate surface area is 90.1 Å². The van der Waals surface area contributed by atoms with E-state index in [0.717, 1.165) is 0 Å². The summed E-state index contributed by atoms with van der Waals surface area (Å²) in [6.45, 7) is 0. The third-order valence-corrected chi connectivity index (χ3v) is 0. The molecule has 0 aliphatic rings. The van der Waals surface area contributed by atoms with Crippen LogP contribution >= 0.6 is 0 Å². The maximum atomic E-state index is 0. The van der Waals surface area contributed by atoms with E-state index < -0.39 is 0 Å². The molecule has 0 radical (unpaired) electrons. The molecule has 5 heteroatoms. The average molecular weight is 398 g/mol. The summed E-state index contributed by atoms with van der Waals surface area (Å²) in [6.07, 6.45) is 0. The summed E-state index contributed by atoms with van der Waals surface area (Å²) in [4.78, 5) is 0. The second kappa shape index (κ2) is 28.8. The van der Waals surface area contributed by atoms with E-state index in [-0.39, 0.29) is 91.5 Å². The first-order valence-corrected chi connectivity index (χ1v) is 0. The molecule has 0 aromatic rings. The molecule has 0 atom stereocenters. The van der Waals surface area contributed by atoms with Crippen LogP contribution in [0, 0.1) is 0 Å². The molecule has 0 saturated carbocycles. The summed E-state index contributed by atoms with van der Waals surface area (Å²) in [5.74, 6) is 0. The van der Waals surface area contributed by atoms with E-state index in [0.29, 0.717) is 0 Å². The predicted molar refractivity (Wildman–Crippen MR) is 39.8 cm³/mol. The summed E-state index contributed by atoms with van der Waals surface area (Å²) in [6, 6.07) is 0. The van der Waals surface area contributed by atoms with Gasteiger partial charge in [0, 0.05) is 0 Å². The fourth-order valence-electron chi connectivity index (χ4n) is 0. The molecule has 0 spiro atoms. The Bertz CT molecular complexity index is 3.61. The summed E-state index contributed by atoms with van der Waals surface area (Å²) < 4.78 is 0. The van der Waals surface area contributed by atoms with E-state index in [2.05, 4.69) is 0 Å². The van der Waals surface area contributed by atoms with Gasteiger partial charge in [0.2, 0.25) is 0 Å². The summed E-state index contributed by atoms with van der Waals surface area (Å²) in [7, 11) is 0. The minimum atomic E-state index is 0. The third kappa shape index (κ3) is 19.8. The second-order valence-electron chi connectivity index (χ2n) is 0. The minimum absolute atomic E-state index is 0. The Morgan fingerprint density at radius 3 is 0.400 bits per heavy atom. The molecule has 0 heterocycles. The first-order valence-electron chi connectivity index (χ1n) is 0. The van der Waals surface area contributed by atoms with E-state index in [1.165, 1.54) is 0 Å². The van der Waals surface area contributed by atoms with E-state index in [1.54, 1.807) is 0 Å². The van der Waals surface area contributed by atoms with E-state index in [9.17, 15) is 0 Å². The summed E-state index contributed by atoms with van der Waals surface area (Å²) in [5, 5.41) is 0. The topological polar surface area (TPSA) is 0 Å². The molecule has 0 aromatic carbocycles. The molecule has 0 saturated heterocycles. The first kappa shape index (κ1) is 45.2. The van der Waals surface area contributed by atoms with E-state index >= 15 is 0 Å². The molecule has 0 nitrogen and oxygen atoms in total. The zero-order valence-electron chi connectivity index (χ0n) is 4.41. The van der Waals surface area contributed by atoms with Crippen LogP contribution in [-0.2, 0) is 21.1 Å². The van der Waals surface area contributed by atoms with Crippen LogP contribution < -0.4 is 0 Å². The maximum Gasteiger partial charge on any atom is 4.00 e. The minimum Gasteiger partial charge on any atom is 4.00 e. The molecule has 0 bridgehead atoms. The van der Waals surface area contributed by atoms with Gasteiger partial charge in [-0.3, -0.25) is 0 Å². The van der Waals surface area contributed by atoms with Crippen molar-refractivity contribution < 1.29 is 21.1 Å². The van der Waals surface area contributed by atoms with Crippen molar-refractivity contribution in [1.29, 1.82) is 0 Å². The van der Waals surface area contributed by atoms with E-state index in [4.69, 9.17) is 0 Å². The maximum absolute atomic E-state index is 0. The van der Waals surface area contributed by atoms with Crippen molar-refractivity contribution in [2.24, 2.45) is 0 Å². The normalized spacial score (nSPS) is 0. The number of hydrogen-bond donors (Lipinski definition) is 0. The molecular weight excluding hydrogens is 386 g/mol. The Morgan fingerprint density at radius 2 is 0.400 bits per heavy atom. The zero-order chi connectivity index (χ0) is 0. The van der Waals surface area contributed by atoms with Crippen LogP contribution in [0.5, 0.6) is 0 Å². The molecule has 0 rings (SSSR count). The molecule has 0 aromatic heterocycles. The van der Waals surface area contributed by atoms with Gasteiger partial charge in [-0.2, -0.15) is 0 Å². The van der Waals surface area contributed by atoms with Gasteiger partial charge in [0.1, 0.15) is 0 Å². The summed E-state index contributed by atoms with van der Waals surface area (Å²) >= 11 is 0. The van der Waals surface area contributed by atoms with Crippen molar-refractivity contribution in [2.45, 2.75) is 0 Å². The molecular formula is H12Ge4Mo. The van der Waals surface area contributed by atoms with Gasteiger partial charge in [-0.15, -0.1) is 0 Å². The van der Waals surface area contributed by atoms with Crippen LogP contribution in [0.3, 0.4) is 0 Å². The average Bonchev–Trinajstić information content (AvgIpc) is 0. The monoisotopic (exact) mass is 406 g/mol. The SMILES string of the molecule is [GeH3-].[GeH3-].[GeH3-].[GeH3-].[Mo+4]. The fourth-order valence-corrected chi connectivity index (χ4v) is 0. The Kier molecular flexibility index (Phi) is 261. The molecule has 5 heavy (non-hydrogen) atoms. The van der Waals surface area contributed by atoms with Gasteiger partial charge in [-0.25, -0.2) is 0 Å². The van der Waals surface area contributed by atoms with Crippen LogP contribution in [-0.4, -0.2) is 70.4 Å². The van der Waals surface area contributed by atoms with Crippen molar-refractivity contribution in [1.82, 2.24) is 0 Å². The largest absolute Gasteiger partial charge is 4.00 e. The standard InChI is InChI=1S/4GeH3.Mo/h4*1H3;/q4*-1;+4.